The molecule has 5 nitrogen and oxygen atoms in total. The Morgan fingerprint density at radius 1 is 1.29 bits per heavy atom. The molecule has 0 aromatic heterocycles. The van der Waals surface area contributed by atoms with E-state index in [1.54, 1.807) is 6.92 Å². The zero-order valence-corrected chi connectivity index (χ0v) is 13.3. The zero-order chi connectivity index (χ0) is 16.2. The van der Waals surface area contributed by atoms with E-state index in [1.165, 1.54) is 0 Å². The molecule has 1 aliphatic carbocycles. The van der Waals surface area contributed by atoms with Crippen molar-refractivity contribution in [2.75, 3.05) is 0 Å². The minimum atomic E-state index is -0.959. The highest BCUT2D eigenvalue weighted by Gasteiger charge is 2.37. The largest absolute Gasteiger partial charge is 0.480 e. The van der Waals surface area contributed by atoms with E-state index in [2.05, 4.69) is 5.32 Å². The van der Waals surface area contributed by atoms with Gasteiger partial charge in [0, 0.05) is 18.5 Å². The van der Waals surface area contributed by atoms with Crippen LogP contribution in [0.25, 0.3) is 0 Å². The molecule has 1 saturated carbocycles. The van der Waals surface area contributed by atoms with E-state index in [9.17, 15) is 19.5 Å². The number of carboxylic acids is 1. The van der Waals surface area contributed by atoms with Crippen LogP contribution in [0, 0.1) is 5.41 Å². The number of nitrogens with one attached hydrogen (secondary N) is 1. The van der Waals surface area contributed by atoms with Crippen molar-refractivity contribution in [3.8, 4) is 0 Å². The molecule has 2 N–H and O–H groups in total. The first-order valence-corrected chi connectivity index (χ1v) is 7.44. The minimum Gasteiger partial charge on any atom is -0.480 e. The maximum absolute atomic E-state index is 12.2. The fourth-order valence-electron chi connectivity index (χ4n) is 2.68. The van der Waals surface area contributed by atoms with Crippen LogP contribution in [0.5, 0.6) is 0 Å². The average molecular weight is 295 g/mol. The Morgan fingerprint density at radius 3 is 2.24 bits per heavy atom. The van der Waals surface area contributed by atoms with E-state index in [1.807, 2.05) is 20.8 Å². The highest BCUT2D eigenvalue weighted by Crippen LogP contribution is 2.34. The van der Waals surface area contributed by atoms with Gasteiger partial charge in [-0.2, -0.15) is 0 Å². The fraction of sp³-hybridized carbons (Fsp3) is 0.688. The van der Waals surface area contributed by atoms with Crippen molar-refractivity contribution in [2.45, 2.75) is 65.8 Å². The number of Topliss-reactive ketones (excluding diaryl/α,β-unsaturated/α-hetero) is 2. The summed E-state index contributed by atoms with van der Waals surface area (Å²) in [5.41, 5.74) is 0.230. The van der Waals surface area contributed by atoms with Crippen molar-refractivity contribution >= 4 is 17.5 Å². The van der Waals surface area contributed by atoms with Crippen LogP contribution in [0.15, 0.2) is 11.3 Å². The summed E-state index contributed by atoms with van der Waals surface area (Å²) < 4.78 is 0. The van der Waals surface area contributed by atoms with Gasteiger partial charge in [0.2, 0.25) is 0 Å². The smallest absolute Gasteiger partial charge is 0.326 e. The van der Waals surface area contributed by atoms with Gasteiger partial charge in [0.15, 0.2) is 11.6 Å². The van der Waals surface area contributed by atoms with E-state index in [0.29, 0.717) is 25.0 Å². The Morgan fingerprint density at radius 2 is 1.81 bits per heavy atom. The van der Waals surface area contributed by atoms with Gasteiger partial charge in [-0.15, -0.1) is 0 Å². The second kappa shape index (κ2) is 6.87. The van der Waals surface area contributed by atoms with Crippen LogP contribution in [-0.4, -0.2) is 28.7 Å². The lowest BCUT2D eigenvalue weighted by atomic mass is 9.73. The molecule has 0 aromatic carbocycles. The second-order valence-corrected chi connectivity index (χ2v) is 6.54. The van der Waals surface area contributed by atoms with E-state index in [4.69, 9.17) is 0 Å². The molecule has 0 amide bonds. The number of hydrogen-bond acceptors (Lipinski definition) is 4. The minimum absolute atomic E-state index is 0.150. The van der Waals surface area contributed by atoms with Crippen LogP contribution in [0.3, 0.4) is 0 Å². The van der Waals surface area contributed by atoms with Crippen molar-refractivity contribution in [1.29, 1.82) is 0 Å². The molecule has 0 heterocycles. The SMILES string of the molecule is CCCCC(NC(C)=C1C(=O)CC(C)(C)CC1=O)C(=O)O. The average Bonchev–Trinajstić information content (AvgIpc) is 2.31. The molecular weight excluding hydrogens is 270 g/mol. The molecule has 0 radical (unpaired) electrons. The number of aliphatic carboxylic acids is 1. The summed E-state index contributed by atoms with van der Waals surface area (Å²) >= 11 is 0. The predicted octanol–water partition coefficient (Wildman–Crippen LogP) is 2.45. The lowest BCUT2D eigenvalue weighted by Crippen LogP contribution is -2.39. The molecule has 5 heteroatoms. The van der Waals surface area contributed by atoms with Gasteiger partial charge in [-0.1, -0.05) is 33.6 Å². The van der Waals surface area contributed by atoms with Crippen molar-refractivity contribution in [3.63, 3.8) is 0 Å². The second-order valence-electron chi connectivity index (χ2n) is 6.54. The molecule has 0 aromatic rings. The van der Waals surface area contributed by atoms with Gasteiger partial charge in [0.25, 0.3) is 0 Å². The van der Waals surface area contributed by atoms with E-state index in [0.717, 1.165) is 12.8 Å². The lowest BCUT2D eigenvalue weighted by Gasteiger charge is -2.30. The van der Waals surface area contributed by atoms with Crippen molar-refractivity contribution < 1.29 is 19.5 Å². The first-order chi connectivity index (χ1) is 9.68. The van der Waals surface area contributed by atoms with Gasteiger partial charge in [-0.3, -0.25) is 9.59 Å². The van der Waals surface area contributed by atoms with Crippen LogP contribution in [0.1, 0.15) is 59.8 Å². The Kier molecular flexibility index (Phi) is 5.70. The van der Waals surface area contributed by atoms with Crippen LogP contribution >= 0.6 is 0 Å². The quantitative estimate of drug-likeness (QED) is 0.581. The van der Waals surface area contributed by atoms with Crippen LogP contribution in [0.2, 0.25) is 0 Å². The topological polar surface area (TPSA) is 83.5 Å². The number of unbranched alkanes of at least 4 members (excludes halogenated alkanes) is 1. The summed E-state index contributed by atoms with van der Waals surface area (Å²) in [6.45, 7) is 7.39. The van der Waals surface area contributed by atoms with Gasteiger partial charge in [-0.05, 0) is 18.8 Å². The van der Waals surface area contributed by atoms with Crippen molar-refractivity contribution in [2.24, 2.45) is 5.41 Å². The number of allylic oxidation sites excluding steroid dienone is 2. The molecule has 1 unspecified atom stereocenters. The number of rotatable bonds is 6. The van der Waals surface area contributed by atoms with Gasteiger partial charge in [-0.25, -0.2) is 4.79 Å². The molecule has 1 atom stereocenters. The number of carbonyl (C=O) groups excluding carboxylic acids is 2. The number of ketones is 2. The molecule has 0 spiro atoms. The number of hydrogen-bond donors (Lipinski definition) is 2. The molecule has 0 saturated heterocycles. The normalized spacial score (nSPS) is 19.3. The third kappa shape index (κ3) is 4.69. The molecule has 1 fully saturated rings. The van der Waals surface area contributed by atoms with Crippen LogP contribution < -0.4 is 5.32 Å². The molecule has 21 heavy (non-hydrogen) atoms. The summed E-state index contributed by atoms with van der Waals surface area (Å²) in [6.07, 6.45) is 2.79. The fourth-order valence-corrected chi connectivity index (χ4v) is 2.68. The van der Waals surface area contributed by atoms with E-state index < -0.39 is 12.0 Å². The van der Waals surface area contributed by atoms with E-state index >= 15 is 0 Å². The molecule has 0 bridgehead atoms. The van der Waals surface area contributed by atoms with Crippen LogP contribution in [0.4, 0.5) is 0 Å². The Bertz CT molecular complexity index is 455. The highest BCUT2D eigenvalue weighted by atomic mass is 16.4. The summed E-state index contributed by atoms with van der Waals surface area (Å²) in [7, 11) is 0. The lowest BCUT2D eigenvalue weighted by molar-refractivity contribution is -0.139. The molecule has 1 rings (SSSR count). The third-order valence-electron chi connectivity index (χ3n) is 3.75. The molecule has 118 valence electrons. The number of carboxylic acid groups (broad SMARTS) is 1. The van der Waals surface area contributed by atoms with Crippen molar-refractivity contribution in [3.05, 3.63) is 11.3 Å². The molecule has 1 aliphatic rings. The van der Waals surface area contributed by atoms with Gasteiger partial charge < -0.3 is 10.4 Å². The Labute approximate surface area is 125 Å². The zero-order valence-electron chi connectivity index (χ0n) is 13.3. The Hall–Kier alpha value is -1.65. The van der Waals surface area contributed by atoms with Gasteiger partial charge in [0.05, 0.1) is 5.57 Å². The summed E-state index contributed by atoms with van der Waals surface area (Å²) in [5.74, 6) is -1.35. The summed E-state index contributed by atoms with van der Waals surface area (Å²) in [4.78, 5) is 35.6. The first-order valence-electron chi connectivity index (χ1n) is 7.44. The maximum atomic E-state index is 12.2. The van der Waals surface area contributed by atoms with Gasteiger partial charge >= 0.3 is 5.97 Å². The summed E-state index contributed by atoms with van der Waals surface area (Å²) in [6, 6.07) is -0.756. The third-order valence-corrected chi connectivity index (χ3v) is 3.75. The molecule has 0 aliphatic heterocycles. The number of carbonyl (C=O) groups is 3. The van der Waals surface area contributed by atoms with Crippen LogP contribution in [-0.2, 0) is 14.4 Å². The Balaban J connectivity index is 2.92. The molecular formula is C16H25NO4. The monoisotopic (exact) mass is 295 g/mol. The standard InChI is InChI=1S/C16H25NO4/c1-5-6-7-11(15(20)21)17-10(2)14-12(18)8-16(3,4)9-13(14)19/h11,17H,5-9H2,1-4H3,(H,20,21). The maximum Gasteiger partial charge on any atom is 0.326 e. The first kappa shape index (κ1) is 17.4. The summed E-state index contributed by atoms with van der Waals surface area (Å²) in [5, 5.41) is 12.1. The van der Waals surface area contributed by atoms with E-state index in [-0.39, 0.29) is 22.6 Å². The van der Waals surface area contributed by atoms with Crippen molar-refractivity contribution in [1.82, 2.24) is 5.32 Å². The predicted molar refractivity (Wildman–Crippen MR) is 79.8 cm³/mol. The highest BCUT2D eigenvalue weighted by molar-refractivity contribution is 6.22. The van der Waals surface area contributed by atoms with Gasteiger partial charge in [0.1, 0.15) is 6.04 Å².